The smallest absolute Gasteiger partial charge is 0.273 e. The van der Waals surface area contributed by atoms with E-state index in [-0.39, 0.29) is 51.0 Å². The number of halogens is 2. The van der Waals surface area contributed by atoms with Crippen molar-refractivity contribution in [3.05, 3.63) is 47.6 Å². The Morgan fingerprint density at radius 2 is 1.36 bits per heavy atom. The number of rotatable bonds is 3. The van der Waals surface area contributed by atoms with E-state index < -0.39 is 0 Å². The maximum Gasteiger partial charge on any atom is 2.00 e. The molecule has 0 aromatic rings. The monoisotopic (exact) mass is 536 g/mol. The average molecular weight is 539 g/mol. The zero-order valence-electron chi connectivity index (χ0n) is 19.8. The van der Waals surface area contributed by atoms with Crippen LogP contribution < -0.4 is 0 Å². The van der Waals surface area contributed by atoms with Crippen molar-refractivity contribution in [2.75, 3.05) is 0 Å². The molecule has 1 atom stereocenters. The second-order valence-electron chi connectivity index (χ2n) is 7.50. The second kappa shape index (κ2) is 25.9. The molecule has 0 aliphatic heterocycles. The summed E-state index contributed by atoms with van der Waals surface area (Å²) < 4.78 is 0. The summed E-state index contributed by atoms with van der Waals surface area (Å²) in [5.74, 6) is 2.63. The normalized spacial score (nSPS) is 15.5. The number of hydrogen-bond donors (Lipinski definition) is 0. The summed E-state index contributed by atoms with van der Waals surface area (Å²) in [4.78, 5) is 0. The van der Waals surface area contributed by atoms with Gasteiger partial charge < -0.3 is 0 Å². The second-order valence-corrected chi connectivity index (χ2v) is 9.81. The van der Waals surface area contributed by atoms with Crippen LogP contribution in [0.5, 0.6) is 0 Å². The molecule has 28 heavy (non-hydrogen) atoms. The Bertz CT molecular complexity index is 438. The first kappa shape index (κ1) is 39.3. The van der Waals surface area contributed by atoms with E-state index in [2.05, 4.69) is 98.1 Å². The molecular formula is C23H44Cl2Si2Zr. The number of allylic oxidation sites excluding steroid dienone is 8. The third-order valence-electron chi connectivity index (χ3n) is 3.66. The van der Waals surface area contributed by atoms with E-state index in [1.54, 1.807) is 0 Å². The van der Waals surface area contributed by atoms with E-state index in [9.17, 15) is 0 Å². The summed E-state index contributed by atoms with van der Waals surface area (Å²) in [5.41, 5.74) is 2.95. The van der Waals surface area contributed by atoms with Gasteiger partial charge in [0.15, 0.2) is 0 Å². The van der Waals surface area contributed by atoms with Crippen LogP contribution in [0.2, 0.25) is 26.2 Å². The quantitative estimate of drug-likeness (QED) is 0.259. The fourth-order valence-corrected chi connectivity index (χ4v) is 2.04. The molecule has 2 rings (SSSR count). The van der Waals surface area contributed by atoms with Crippen molar-refractivity contribution in [1.29, 1.82) is 0 Å². The molecule has 0 nitrogen and oxygen atoms in total. The van der Waals surface area contributed by atoms with E-state index >= 15 is 0 Å². The first-order valence-electron chi connectivity index (χ1n) is 9.79. The van der Waals surface area contributed by atoms with Crippen molar-refractivity contribution in [3.8, 4) is 0 Å². The Hall–Kier alpha value is 0.857. The average Bonchev–Trinajstić information content (AvgIpc) is 3.22. The van der Waals surface area contributed by atoms with Crippen LogP contribution in [0.4, 0.5) is 0 Å². The van der Waals surface area contributed by atoms with Gasteiger partial charge in [-0.2, -0.15) is 17.2 Å². The molecular weight excluding hydrogens is 495 g/mol. The molecule has 0 saturated heterocycles. The molecule has 0 aromatic carbocycles. The van der Waals surface area contributed by atoms with Crippen LogP contribution in [0.25, 0.3) is 0 Å². The molecule has 0 aromatic heterocycles. The molecule has 0 saturated carbocycles. The van der Waals surface area contributed by atoms with Crippen LogP contribution in [-0.4, -0.2) is 19.0 Å². The molecule has 0 bridgehead atoms. The summed E-state index contributed by atoms with van der Waals surface area (Å²) in [5, 5.41) is 0. The van der Waals surface area contributed by atoms with Crippen molar-refractivity contribution in [2.45, 2.75) is 74.2 Å². The van der Waals surface area contributed by atoms with Gasteiger partial charge in [-0.3, -0.25) is 12.2 Å². The van der Waals surface area contributed by atoms with Crippen molar-refractivity contribution in [1.82, 2.24) is 0 Å². The van der Waals surface area contributed by atoms with Gasteiger partial charge >= 0.3 is 26.2 Å². The predicted octanol–water partition coefficient (Wildman–Crippen LogP) is 7.43. The standard InChI is InChI=1S/C11H17.C8H11.2C2H7Si.2ClH.Zr/c1-8(2)10-5-6-11(7-10)9(3)4;1-7(2)8-5-3-4-6-8;2*1-3-2;;;/h5,7-9,11H,1-4H3;3,5,7H,6H2,1-2H3;2*3H,1-2H3;2*1H;/q2*-1;;;;;+2. The van der Waals surface area contributed by atoms with Crippen LogP contribution in [0.1, 0.15) is 48.0 Å². The van der Waals surface area contributed by atoms with Gasteiger partial charge in [-0.15, -0.1) is 31.2 Å². The first-order valence-corrected chi connectivity index (χ1v) is 14.4. The summed E-state index contributed by atoms with van der Waals surface area (Å²) in [6, 6.07) is 0. The first-order chi connectivity index (χ1) is 11.7. The van der Waals surface area contributed by atoms with E-state index in [4.69, 9.17) is 0 Å². The fourth-order valence-electron chi connectivity index (χ4n) is 2.04. The zero-order chi connectivity index (χ0) is 19.8. The minimum atomic E-state index is 0. The SMILES string of the molecule is CC(C)C1=CC(C(C)C)[C-]=C1.CC(C)C1=CC=[C-]C1.C[SiH]C.C[SiH]C.Cl.Cl.[Zr+2]. The van der Waals surface area contributed by atoms with Crippen molar-refractivity contribution < 1.29 is 26.2 Å². The van der Waals surface area contributed by atoms with Gasteiger partial charge in [-0.1, -0.05) is 85.5 Å². The summed E-state index contributed by atoms with van der Waals surface area (Å²) >= 11 is 0. The summed E-state index contributed by atoms with van der Waals surface area (Å²) in [6.45, 7) is 22.2. The molecule has 0 N–H and O–H groups in total. The van der Waals surface area contributed by atoms with Crippen molar-refractivity contribution >= 4 is 43.9 Å². The van der Waals surface area contributed by atoms with Gasteiger partial charge in [0.05, 0.1) is 0 Å². The Labute approximate surface area is 214 Å². The van der Waals surface area contributed by atoms with E-state index in [0.717, 1.165) is 25.5 Å². The maximum atomic E-state index is 3.37. The van der Waals surface area contributed by atoms with Crippen LogP contribution in [0.15, 0.2) is 35.5 Å². The number of hydrogen-bond acceptors (Lipinski definition) is 0. The van der Waals surface area contributed by atoms with Crippen LogP contribution in [0, 0.1) is 35.8 Å². The molecule has 2 radical (unpaired) electrons. The van der Waals surface area contributed by atoms with Gasteiger partial charge in [-0.25, -0.2) is 18.2 Å². The van der Waals surface area contributed by atoms with Crippen LogP contribution >= 0.6 is 24.8 Å². The van der Waals surface area contributed by atoms with Crippen molar-refractivity contribution in [2.24, 2.45) is 23.7 Å². The third-order valence-corrected chi connectivity index (χ3v) is 3.66. The summed E-state index contributed by atoms with van der Waals surface area (Å²) in [6.07, 6.45) is 16.2. The minimum Gasteiger partial charge on any atom is -0.273 e. The topological polar surface area (TPSA) is 0 Å². The minimum absolute atomic E-state index is 0. The van der Waals surface area contributed by atoms with Gasteiger partial charge in [0, 0.05) is 19.0 Å². The molecule has 0 amide bonds. The van der Waals surface area contributed by atoms with E-state index in [0.29, 0.717) is 23.7 Å². The molecule has 5 heteroatoms. The molecule has 0 heterocycles. The van der Waals surface area contributed by atoms with Gasteiger partial charge in [-0.05, 0) is 5.92 Å². The molecule has 2 aliphatic carbocycles. The third kappa shape index (κ3) is 21.6. The zero-order valence-corrected chi connectivity index (χ0v) is 26.2. The predicted molar refractivity (Wildman–Crippen MR) is 137 cm³/mol. The molecule has 0 fully saturated rings. The fraction of sp³-hybridized carbons (Fsp3) is 0.652. The summed E-state index contributed by atoms with van der Waals surface area (Å²) in [7, 11) is 1.50. The Balaban J connectivity index is -0.0000000925. The molecule has 0 spiro atoms. The maximum absolute atomic E-state index is 3.37. The van der Waals surface area contributed by atoms with Crippen LogP contribution in [-0.2, 0) is 26.2 Å². The molecule has 2 aliphatic rings. The Kier molecular flexibility index (Phi) is 36.4. The van der Waals surface area contributed by atoms with E-state index in [1.165, 1.54) is 11.1 Å². The van der Waals surface area contributed by atoms with Crippen molar-refractivity contribution in [3.63, 3.8) is 0 Å². The largest absolute Gasteiger partial charge is 2.00 e. The van der Waals surface area contributed by atoms with Gasteiger partial charge in [0.1, 0.15) is 0 Å². The molecule has 162 valence electrons. The van der Waals surface area contributed by atoms with Gasteiger partial charge in [0.25, 0.3) is 0 Å². The molecule has 1 unspecified atom stereocenters. The van der Waals surface area contributed by atoms with Crippen LogP contribution in [0.3, 0.4) is 0 Å². The Morgan fingerprint density at radius 1 is 0.893 bits per heavy atom. The van der Waals surface area contributed by atoms with Gasteiger partial charge in [0.2, 0.25) is 0 Å². The Morgan fingerprint density at radius 3 is 1.54 bits per heavy atom. The van der Waals surface area contributed by atoms with E-state index in [1.807, 2.05) is 6.08 Å².